The van der Waals surface area contributed by atoms with E-state index in [1.54, 1.807) is 6.20 Å². The minimum Gasteiger partial charge on any atom is -0.355 e. The lowest BCUT2D eigenvalue weighted by atomic mass is 9.84. The quantitative estimate of drug-likeness (QED) is 0.603. The van der Waals surface area contributed by atoms with Gasteiger partial charge in [0.05, 0.1) is 17.2 Å². The van der Waals surface area contributed by atoms with Gasteiger partial charge in [0.25, 0.3) is 5.91 Å². The van der Waals surface area contributed by atoms with Crippen molar-refractivity contribution >= 4 is 39.0 Å². The van der Waals surface area contributed by atoms with Crippen LogP contribution in [-0.2, 0) is 21.1 Å². The van der Waals surface area contributed by atoms with Gasteiger partial charge in [-0.25, -0.2) is 17.8 Å². The molecule has 2 fully saturated rings. The van der Waals surface area contributed by atoms with Gasteiger partial charge in [0, 0.05) is 60.9 Å². The molecule has 1 saturated heterocycles. The van der Waals surface area contributed by atoms with Gasteiger partial charge in [0.15, 0.2) is 9.84 Å². The topological polar surface area (TPSA) is 112 Å². The summed E-state index contributed by atoms with van der Waals surface area (Å²) in [5.41, 5.74) is 2.16. The van der Waals surface area contributed by atoms with Gasteiger partial charge >= 0.3 is 0 Å². The summed E-state index contributed by atoms with van der Waals surface area (Å²) in [5, 5.41) is 3.01. The molecule has 0 spiro atoms. The molecular weight excluding hydrogens is 521 g/mol. The zero-order chi connectivity index (χ0) is 27.7. The fourth-order valence-electron chi connectivity index (χ4n) is 5.61. The Hall–Kier alpha value is -3.34. The van der Waals surface area contributed by atoms with Gasteiger partial charge in [0.2, 0.25) is 5.91 Å². The minimum atomic E-state index is -3.03. The third-order valence-electron chi connectivity index (χ3n) is 7.69. The van der Waals surface area contributed by atoms with Crippen molar-refractivity contribution in [1.82, 2.24) is 10.3 Å². The minimum absolute atomic E-state index is 0.0461. The molecule has 3 aliphatic rings. The van der Waals surface area contributed by atoms with E-state index in [0.29, 0.717) is 36.7 Å². The Morgan fingerprint density at radius 1 is 1.08 bits per heavy atom. The van der Waals surface area contributed by atoms with Gasteiger partial charge in [-0.2, -0.15) is 4.99 Å². The molecule has 1 saturated carbocycles. The van der Waals surface area contributed by atoms with Crippen LogP contribution in [0.5, 0.6) is 0 Å². The normalized spacial score (nSPS) is 23.6. The predicted molar refractivity (Wildman–Crippen MR) is 148 cm³/mol. The lowest BCUT2D eigenvalue weighted by molar-refractivity contribution is -0.126. The number of benzene rings is 1. The Morgan fingerprint density at radius 2 is 1.74 bits per heavy atom. The van der Waals surface area contributed by atoms with E-state index in [1.807, 2.05) is 24.8 Å². The summed E-state index contributed by atoms with van der Waals surface area (Å²) < 4.78 is 37.3. The molecule has 5 rings (SSSR count). The van der Waals surface area contributed by atoms with Gasteiger partial charge in [-0.3, -0.25) is 9.59 Å². The summed E-state index contributed by atoms with van der Waals surface area (Å²) in [4.78, 5) is 38.8. The molecule has 0 bridgehead atoms. The van der Waals surface area contributed by atoms with Crippen molar-refractivity contribution in [2.75, 3.05) is 34.4 Å². The van der Waals surface area contributed by atoms with Gasteiger partial charge in [-0.15, -0.1) is 0 Å². The third-order valence-corrected chi connectivity index (χ3v) is 9.30. The maximum absolute atomic E-state index is 13.4. The average molecular weight is 556 g/mol. The fraction of sp³-hybridized carbons (Fsp3) is 0.500. The van der Waals surface area contributed by atoms with Crippen LogP contribution in [0.15, 0.2) is 41.5 Å². The molecule has 1 aromatic heterocycles. The van der Waals surface area contributed by atoms with Crippen molar-refractivity contribution in [2.45, 2.75) is 58.0 Å². The summed E-state index contributed by atoms with van der Waals surface area (Å²) in [5.74, 6) is 0.665. The molecule has 0 unspecified atom stereocenters. The van der Waals surface area contributed by atoms with Gasteiger partial charge in [0.1, 0.15) is 17.5 Å². The number of hydrogen-bond donors (Lipinski definition) is 1. The predicted octanol–water partition coefficient (Wildman–Crippen LogP) is 3.14. The highest BCUT2D eigenvalue weighted by Gasteiger charge is 2.37. The second-order valence-corrected chi connectivity index (χ2v) is 13.2. The van der Waals surface area contributed by atoms with E-state index in [0.717, 1.165) is 36.9 Å². The van der Waals surface area contributed by atoms with Crippen LogP contribution in [0.4, 0.5) is 15.9 Å². The Kier molecular flexibility index (Phi) is 7.70. The number of carbonyl (C=O) groups excluding carboxylic acids is 2. The second-order valence-electron chi connectivity index (χ2n) is 10.9. The number of amidine groups is 1. The monoisotopic (exact) mass is 555 g/mol. The number of sulfone groups is 1. The molecule has 1 N–H and O–H groups in total. The number of halogens is 1. The first kappa shape index (κ1) is 27.2. The highest BCUT2D eigenvalue weighted by atomic mass is 32.2. The SMILES string of the molecule is CC(C)NC(=O)C1CCC(N2C(=NC(=O)c3ccc(F)cc3)Cc3cnc(N4CCS(=O)(=O)CC4)cc32)CC1. The molecular formula is C28H34FN5O4S. The van der Waals surface area contributed by atoms with E-state index in [1.165, 1.54) is 24.3 Å². The smallest absolute Gasteiger partial charge is 0.278 e. The Morgan fingerprint density at radius 3 is 2.38 bits per heavy atom. The Bertz CT molecular complexity index is 1370. The van der Waals surface area contributed by atoms with Crippen LogP contribution < -0.4 is 15.1 Å². The van der Waals surface area contributed by atoms with Crippen molar-refractivity contribution in [2.24, 2.45) is 10.9 Å². The number of nitrogens with zero attached hydrogens (tertiary/aromatic N) is 4. The number of fused-ring (bicyclic) bond motifs is 1. The molecule has 3 heterocycles. The standard InChI is InChI=1S/C28H34FN5O4S/c1-18(2)31-27(35)20-5-9-23(10-6-20)34-24-16-25(33-11-13-39(37,38)14-12-33)30-17-21(24)15-26(34)32-28(36)19-3-7-22(29)8-4-19/h3-4,7-8,16-18,20,23H,5-6,9-15H2,1-2H3,(H,31,35). The summed E-state index contributed by atoms with van der Waals surface area (Å²) in [6.07, 6.45) is 5.20. The van der Waals surface area contributed by atoms with E-state index >= 15 is 0 Å². The first-order valence-corrected chi connectivity index (χ1v) is 15.3. The molecule has 1 aromatic carbocycles. The first-order chi connectivity index (χ1) is 18.6. The molecule has 0 atom stereocenters. The maximum atomic E-state index is 13.4. The molecule has 2 amide bonds. The van der Waals surface area contributed by atoms with Crippen LogP contribution in [0.2, 0.25) is 0 Å². The largest absolute Gasteiger partial charge is 0.355 e. The molecule has 0 radical (unpaired) electrons. The zero-order valence-electron chi connectivity index (χ0n) is 22.3. The van der Waals surface area contributed by atoms with Crippen molar-refractivity contribution in [3.63, 3.8) is 0 Å². The van der Waals surface area contributed by atoms with E-state index in [-0.39, 0.29) is 35.4 Å². The zero-order valence-corrected chi connectivity index (χ0v) is 23.1. The lowest BCUT2D eigenvalue weighted by Gasteiger charge is -2.36. The Labute approximate surface area is 228 Å². The summed E-state index contributed by atoms with van der Waals surface area (Å²) in [6, 6.07) is 7.45. The number of hydrogen-bond acceptors (Lipinski definition) is 6. The van der Waals surface area contributed by atoms with Crippen molar-refractivity contribution < 1.29 is 22.4 Å². The second kappa shape index (κ2) is 11.0. The number of amides is 2. The Balaban J connectivity index is 1.42. The molecule has 2 aliphatic heterocycles. The molecule has 2 aromatic rings. The molecule has 1 aliphatic carbocycles. The third kappa shape index (κ3) is 6.13. The van der Waals surface area contributed by atoms with E-state index in [4.69, 9.17) is 0 Å². The molecule has 208 valence electrons. The number of pyridine rings is 1. The number of aromatic nitrogens is 1. The van der Waals surface area contributed by atoms with Crippen LogP contribution in [0.3, 0.4) is 0 Å². The molecule has 9 nitrogen and oxygen atoms in total. The van der Waals surface area contributed by atoms with Crippen LogP contribution in [0.1, 0.15) is 55.5 Å². The van der Waals surface area contributed by atoms with Crippen molar-refractivity contribution in [3.8, 4) is 0 Å². The number of carbonyl (C=O) groups is 2. The maximum Gasteiger partial charge on any atom is 0.278 e. The number of nitrogens with one attached hydrogen (secondary N) is 1. The lowest BCUT2D eigenvalue weighted by Crippen LogP contribution is -2.44. The first-order valence-electron chi connectivity index (χ1n) is 13.5. The fourth-order valence-corrected chi connectivity index (χ4v) is 6.81. The van der Waals surface area contributed by atoms with Crippen LogP contribution >= 0.6 is 0 Å². The van der Waals surface area contributed by atoms with E-state index in [9.17, 15) is 22.4 Å². The van der Waals surface area contributed by atoms with E-state index in [2.05, 4.69) is 20.2 Å². The van der Waals surface area contributed by atoms with E-state index < -0.39 is 21.6 Å². The highest BCUT2D eigenvalue weighted by Crippen LogP contribution is 2.39. The van der Waals surface area contributed by atoms with Crippen molar-refractivity contribution in [1.29, 1.82) is 0 Å². The highest BCUT2D eigenvalue weighted by molar-refractivity contribution is 7.91. The summed E-state index contributed by atoms with van der Waals surface area (Å²) in [7, 11) is -3.03. The van der Waals surface area contributed by atoms with Gasteiger partial charge in [-0.05, 0) is 63.8 Å². The van der Waals surface area contributed by atoms with Gasteiger partial charge in [-0.1, -0.05) is 0 Å². The summed E-state index contributed by atoms with van der Waals surface area (Å²) >= 11 is 0. The summed E-state index contributed by atoms with van der Waals surface area (Å²) in [6.45, 7) is 4.67. The number of rotatable bonds is 5. The van der Waals surface area contributed by atoms with Gasteiger partial charge < -0.3 is 15.1 Å². The van der Waals surface area contributed by atoms with Crippen LogP contribution in [0, 0.1) is 11.7 Å². The molecule has 39 heavy (non-hydrogen) atoms. The number of anilines is 2. The average Bonchev–Trinajstić information content (AvgIpc) is 3.25. The molecule has 11 heteroatoms. The van der Waals surface area contributed by atoms with Crippen molar-refractivity contribution in [3.05, 3.63) is 53.5 Å². The van der Waals surface area contributed by atoms with Crippen LogP contribution in [-0.4, -0.2) is 67.7 Å². The number of aliphatic imine (C=N–C) groups is 1. The van der Waals surface area contributed by atoms with Crippen LogP contribution in [0.25, 0.3) is 0 Å².